The van der Waals surface area contributed by atoms with Crippen molar-refractivity contribution in [1.82, 2.24) is 60.1 Å². The quantitative estimate of drug-likeness (QED) is 0.0664. The first-order valence-electron chi connectivity index (χ1n) is 39.1. The number of aliphatic hydroxyl groups excluding tert-OH is 1. The minimum Gasteiger partial charge on any atom is -0.550 e. The Hall–Kier alpha value is -8.09. The van der Waals surface area contributed by atoms with Gasteiger partial charge in [-0.15, -0.1) is 0 Å². The number of carboxylic acids is 1. The molecule has 1 aliphatic rings. The molecular formula is C83H130Cl2N13NaO16. The number of hydrogen-bond acceptors (Lipinski definition) is 17. The summed E-state index contributed by atoms with van der Waals surface area (Å²) in [4.78, 5) is 190. The molecule has 638 valence electrons. The number of hydrogen-bond donors (Lipinski definition) is 7. The first-order chi connectivity index (χ1) is 52.9. The minimum atomic E-state index is -1.61. The monoisotopic (exact) mass is 1660 g/mol. The summed E-state index contributed by atoms with van der Waals surface area (Å²) in [5.74, 6) is -11.0. The van der Waals surface area contributed by atoms with E-state index in [1.165, 1.54) is 93.7 Å². The predicted molar refractivity (Wildman–Crippen MR) is 441 cm³/mol. The van der Waals surface area contributed by atoms with Crippen molar-refractivity contribution in [3.05, 3.63) is 98.4 Å². The Morgan fingerprint density at radius 1 is 0.557 bits per heavy atom. The third kappa shape index (κ3) is 31.0. The second-order valence-electron chi connectivity index (χ2n) is 32.2. The summed E-state index contributed by atoms with van der Waals surface area (Å²) in [7, 11) is 11.7. The van der Waals surface area contributed by atoms with Gasteiger partial charge in [-0.05, 0) is 131 Å². The van der Waals surface area contributed by atoms with E-state index < -0.39 is 162 Å². The van der Waals surface area contributed by atoms with Crippen LogP contribution in [0.1, 0.15) is 167 Å². The molecule has 1 aromatic heterocycles. The first-order valence-corrected chi connectivity index (χ1v) is 39.9. The zero-order valence-corrected chi connectivity index (χ0v) is 76.4. The van der Waals surface area contributed by atoms with E-state index in [2.05, 4.69) is 26.6 Å². The molecule has 32 heteroatoms. The van der Waals surface area contributed by atoms with Crippen molar-refractivity contribution < 1.29 is 102 Å². The minimum absolute atomic E-state index is 0. The summed E-state index contributed by atoms with van der Waals surface area (Å²) in [6.07, 6.45) is 4.49. The number of para-hydroxylation sites is 2. The summed E-state index contributed by atoms with van der Waals surface area (Å²) < 4.78 is 1.69. The number of rotatable bonds is 19. The van der Waals surface area contributed by atoms with Gasteiger partial charge in [-0.3, -0.25) is 57.5 Å². The molecule has 11 amide bonds. The Labute approximate surface area is 713 Å². The van der Waals surface area contributed by atoms with E-state index in [0.29, 0.717) is 39.1 Å². The molecule has 1 fully saturated rings. The molecule has 0 saturated carbocycles. The summed E-state index contributed by atoms with van der Waals surface area (Å²) >= 11 is 12.1. The molecule has 1 aliphatic heterocycles. The maximum atomic E-state index is 15.1. The molecule has 12 atom stereocenters. The van der Waals surface area contributed by atoms with E-state index in [1.54, 1.807) is 122 Å². The number of carbonyl (C=O) groups excluding carboxylic acids is 12. The number of aromatic hydroxyl groups is 1. The molecule has 0 radical (unpaired) electrons. The van der Waals surface area contributed by atoms with Gasteiger partial charge in [0.05, 0.1) is 34.1 Å². The van der Waals surface area contributed by atoms with Crippen LogP contribution < -0.4 is 66.7 Å². The third-order valence-electron chi connectivity index (χ3n) is 20.2. The standard InChI is InChI=1S/C62H111N11O12.C14H11Cl2NO2.C7H9NO2.Na/c1-25-27-28-40(15)52(75)51-56(79)65-43(26-2)58(81)67(18)33-48(74)68(19)44(29-34(3)4)55(78)66-49(38(11)12)61(84)69(20)45(30-35(5)6)54(77)63-41(16)53(76)64-42(17)57(80)70(21)46(31-36(7)8)59(82)71(22)47(32-37(9)10)60(83)72(23)50(39(13)14)62(85)73(51)24;15-10-5-3-6-11(16)14(10)17-12-7-2-1-4-9(12)8-13(18)19;1-5-7(10)6(9)3-4-8(5)2;/h25,27,34-47,49-52,75H,26,28-33H2,1-24H3,(H,63,77)(H,64,76)(H,65,79)(H,66,78);1-7,17H,8H2,(H,18,19);3-4,10H,1-2H3;/q;;;+1/p-1/b27-25+;;;/t40-,41+,42-,43+,44+,45+,46+,47+,49+,50+,51+,52-;;;/m1.../s1. The fourth-order valence-corrected chi connectivity index (χ4v) is 13.6. The fourth-order valence-electron chi connectivity index (χ4n) is 13.1. The van der Waals surface area contributed by atoms with E-state index in [0.717, 1.165) is 9.80 Å². The molecule has 3 aromatic rings. The van der Waals surface area contributed by atoms with Crippen molar-refractivity contribution in [3.8, 4) is 5.75 Å². The van der Waals surface area contributed by atoms with Crippen LogP contribution in [0, 0.1) is 48.3 Å². The Kier molecular flexibility index (Phi) is 44.9. The van der Waals surface area contributed by atoms with Crippen molar-refractivity contribution in [2.45, 2.75) is 236 Å². The van der Waals surface area contributed by atoms with E-state index in [1.807, 2.05) is 61.5 Å². The molecule has 2 heterocycles. The van der Waals surface area contributed by atoms with Gasteiger partial charge >= 0.3 is 29.6 Å². The maximum absolute atomic E-state index is 15.1. The number of aliphatic carboxylic acids is 1. The molecule has 2 aromatic carbocycles. The van der Waals surface area contributed by atoms with E-state index in [4.69, 9.17) is 28.3 Å². The number of carbonyl (C=O) groups is 12. The number of likely N-dealkylation sites (N-methyl/N-ethyl adjacent to an activating group) is 7. The maximum Gasteiger partial charge on any atom is 1.00 e. The van der Waals surface area contributed by atoms with Crippen LogP contribution in [0.15, 0.2) is 71.7 Å². The van der Waals surface area contributed by atoms with E-state index in [9.17, 15) is 63.0 Å². The largest absolute Gasteiger partial charge is 1.00 e. The zero-order valence-electron chi connectivity index (χ0n) is 72.8. The topological polar surface area (TPSA) is 373 Å². The fraction of sp³-hybridized carbons (Fsp3) is 0.627. The van der Waals surface area contributed by atoms with Crippen LogP contribution in [0.2, 0.25) is 10.0 Å². The number of halogens is 2. The number of amides is 11. The van der Waals surface area contributed by atoms with Crippen molar-refractivity contribution in [1.29, 1.82) is 0 Å². The molecule has 29 nitrogen and oxygen atoms in total. The van der Waals surface area contributed by atoms with E-state index in [-0.39, 0.29) is 103 Å². The number of benzene rings is 2. The second kappa shape index (κ2) is 49.2. The van der Waals surface area contributed by atoms with Crippen LogP contribution in [-0.2, 0) is 71.0 Å². The van der Waals surface area contributed by atoms with E-state index >= 15 is 9.59 Å². The van der Waals surface area contributed by atoms with Crippen molar-refractivity contribution in [3.63, 3.8) is 0 Å². The Bertz CT molecular complexity index is 3850. The van der Waals surface area contributed by atoms with Crippen LogP contribution in [0.3, 0.4) is 0 Å². The molecule has 0 spiro atoms. The average Bonchev–Trinajstić information content (AvgIpc) is 0.814. The van der Waals surface area contributed by atoms with Gasteiger partial charge in [-0.1, -0.05) is 157 Å². The predicted octanol–water partition coefficient (Wildman–Crippen LogP) is 3.70. The Morgan fingerprint density at radius 2 is 1.02 bits per heavy atom. The van der Waals surface area contributed by atoms with Crippen LogP contribution >= 0.6 is 23.2 Å². The van der Waals surface area contributed by atoms with Gasteiger partial charge < -0.3 is 85.6 Å². The number of carboxylic acid groups (broad SMARTS) is 1. The second-order valence-corrected chi connectivity index (χ2v) is 33.1. The molecule has 0 bridgehead atoms. The number of anilines is 2. The summed E-state index contributed by atoms with van der Waals surface area (Å²) in [5.41, 5.74) is 2.07. The van der Waals surface area contributed by atoms with Crippen LogP contribution in [0.4, 0.5) is 11.4 Å². The van der Waals surface area contributed by atoms with Gasteiger partial charge in [-0.2, -0.15) is 0 Å². The first kappa shape index (κ1) is 105. The average molecular weight is 1660 g/mol. The number of nitrogens with zero attached hydrogens (tertiary/aromatic N) is 8. The number of aromatic nitrogens is 1. The Morgan fingerprint density at radius 3 is 1.50 bits per heavy atom. The Balaban J connectivity index is 0.00000180. The SMILES string of the molecule is C/C=C/C[C@@H](C)[C@@H](O)[C@H]1C(=O)N[C@@H](CC)C(=O)N(C)CC(=O)N(C)[C@@H](CC(C)C)C(=O)N[C@@H](C(C)C)C(=O)N(C)[C@@H](CC(C)C)C(=O)N[C@@H](C)C(=O)N[C@H](C)C(=O)N(C)[C@@H](CC(C)C)C(=O)N(C)[C@@H](CC(C)C)C(=O)N(C)[C@@H](C(C)C)C(=O)N1C.Cc1c(O)c(=O)ccn1C.O=C([O-])Cc1ccccc1Nc1c(Cl)cccc1Cl.[Na+]. The van der Waals surface area contributed by atoms with Crippen molar-refractivity contribution in [2.24, 2.45) is 48.5 Å². The molecule has 115 heavy (non-hydrogen) atoms. The molecule has 4 rings (SSSR count). The summed E-state index contributed by atoms with van der Waals surface area (Å²) in [5, 5.41) is 46.8. The van der Waals surface area contributed by atoms with Crippen molar-refractivity contribution in [2.75, 3.05) is 61.2 Å². The number of allylic oxidation sites excluding steroid dienone is 2. The number of aryl methyl sites for hydroxylation is 1. The van der Waals surface area contributed by atoms with Gasteiger partial charge in [0.1, 0.15) is 60.4 Å². The van der Waals surface area contributed by atoms with Gasteiger partial charge in [0.2, 0.25) is 70.4 Å². The normalized spacial score (nSPS) is 22.4. The summed E-state index contributed by atoms with van der Waals surface area (Å²) in [6, 6.07) is 1.19. The van der Waals surface area contributed by atoms with Gasteiger partial charge in [0.15, 0.2) is 5.75 Å². The van der Waals surface area contributed by atoms with Crippen LogP contribution in [0.5, 0.6) is 5.75 Å². The number of aliphatic hydroxyl groups is 1. The van der Waals surface area contributed by atoms with Crippen molar-refractivity contribution >= 4 is 106 Å². The molecule has 1 saturated heterocycles. The van der Waals surface area contributed by atoms with Crippen LogP contribution in [0.25, 0.3) is 0 Å². The summed E-state index contributed by atoms with van der Waals surface area (Å²) in [6.45, 7) is 31.0. The smallest absolute Gasteiger partial charge is 0.550 e. The van der Waals surface area contributed by atoms with Crippen LogP contribution in [-0.4, -0.2) is 242 Å². The zero-order chi connectivity index (χ0) is 87.5. The van der Waals surface area contributed by atoms with Gasteiger partial charge in [0, 0.05) is 86.7 Å². The number of nitrogens with one attached hydrogen (secondary N) is 5. The van der Waals surface area contributed by atoms with Gasteiger partial charge in [-0.25, -0.2) is 0 Å². The number of pyridine rings is 1. The molecule has 0 aliphatic carbocycles. The van der Waals surface area contributed by atoms with Gasteiger partial charge in [0.25, 0.3) is 0 Å². The molecular weight excluding hydrogens is 1530 g/mol. The third-order valence-corrected chi connectivity index (χ3v) is 20.8. The molecule has 0 unspecified atom stereocenters. The molecule has 7 N–H and O–H groups in total.